The van der Waals surface area contributed by atoms with Crippen LogP contribution in [-0.4, -0.2) is 15.0 Å². The molecule has 0 bridgehead atoms. The Bertz CT molecular complexity index is 281. The first-order chi connectivity index (χ1) is 4.18. The van der Waals surface area contributed by atoms with E-state index in [4.69, 9.17) is 36.7 Å². The van der Waals surface area contributed by atoms with Crippen LogP contribution in [0.15, 0.2) is 0 Å². The van der Waals surface area contributed by atoms with Crippen molar-refractivity contribution in [2.24, 2.45) is 0 Å². The van der Waals surface area contributed by atoms with Gasteiger partial charge in [-0.3, -0.25) is 0 Å². The quantitative estimate of drug-likeness (QED) is 0.503. The van der Waals surface area contributed by atoms with E-state index in [1.165, 1.54) is 0 Å². The van der Waals surface area contributed by atoms with Gasteiger partial charge in [-0.1, -0.05) is 0 Å². The van der Waals surface area contributed by atoms with Crippen LogP contribution in [0.2, 0.25) is 0 Å². The van der Waals surface area contributed by atoms with E-state index in [1.54, 1.807) is 0 Å². The Hall–Kier alpha value is 0.410. The molecule has 0 spiro atoms. The molecule has 1 rings (SSSR count). The normalized spacial score (nSPS) is 8.40. The average molecular weight is 285 g/mol. The molecule has 3 nitrogen and oxygen atoms in total. The van der Waals surface area contributed by atoms with Crippen LogP contribution >= 0.6 is 36.7 Å². The van der Waals surface area contributed by atoms with Crippen LogP contribution < -0.4 is 0 Å². The summed E-state index contributed by atoms with van der Waals surface area (Å²) in [6, 6.07) is 0. The monoisotopic (exact) mass is 284 g/mol. The largest absolute Gasteiger partial charge is 0.309 e. The van der Waals surface area contributed by atoms with Crippen LogP contribution in [0, 0.1) is 14.3 Å². The van der Waals surface area contributed by atoms with E-state index >= 15 is 0 Å². The van der Waals surface area contributed by atoms with E-state index in [2.05, 4.69) is 15.0 Å². The summed E-state index contributed by atoms with van der Waals surface area (Å²) in [5, 5.41) is 0. The Kier molecular flexibility index (Phi) is 4.50. The SMILES string of the molecule is S=c1[nH]c(=S)[nH]c(=S)[nH]1.[Ag]. The van der Waals surface area contributed by atoms with Crippen molar-refractivity contribution in [2.45, 2.75) is 0 Å². The zero-order valence-corrected chi connectivity index (χ0v) is 8.46. The summed E-state index contributed by atoms with van der Waals surface area (Å²) in [5.74, 6) is 0. The van der Waals surface area contributed by atoms with Crippen molar-refractivity contribution in [1.82, 2.24) is 15.0 Å². The minimum Gasteiger partial charge on any atom is -0.309 e. The summed E-state index contributed by atoms with van der Waals surface area (Å²) in [6.45, 7) is 0. The fourth-order valence-corrected chi connectivity index (χ4v) is 1.21. The molecule has 1 heterocycles. The third-order valence-corrected chi connectivity index (χ3v) is 1.29. The van der Waals surface area contributed by atoms with Gasteiger partial charge in [-0.15, -0.1) is 0 Å². The van der Waals surface area contributed by atoms with Gasteiger partial charge in [0, 0.05) is 22.4 Å². The number of aromatic nitrogens is 3. The van der Waals surface area contributed by atoms with Gasteiger partial charge in [-0.2, -0.15) is 0 Å². The third-order valence-electron chi connectivity index (χ3n) is 0.681. The van der Waals surface area contributed by atoms with Crippen LogP contribution in [-0.2, 0) is 22.4 Å². The molecule has 1 aromatic heterocycles. The number of hydrogen-bond acceptors (Lipinski definition) is 3. The molecule has 3 N–H and O–H groups in total. The Morgan fingerprint density at radius 3 is 1.10 bits per heavy atom. The summed E-state index contributed by atoms with van der Waals surface area (Å²) < 4.78 is 1.34. The number of nitrogens with one attached hydrogen (secondary N) is 3. The molecule has 1 radical (unpaired) electrons. The number of H-pyrrole nitrogens is 3. The molecule has 0 aliphatic heterocycles. The van der Waals surface area contributed by atoms with Gasteiger partial charge in [0.25, 0.3) is 0 Å². The number of aromatic amines is 3. The van der Waals surface area contributed by atoms with Gasteiger partial charge in [0.1, 0.15) is 0 Å². The predicted octanol–water partition coefficient (Wildman–Crippen LogP) is 1.86. The molecule has 0 saturated heterocycles. The van der Waals surface area contributed by atoms with Crippen LogP contribution in [0.5, 0.6) is 0 Å². The smallest absolute Gasteiger partial charge is 0.178 e. The molecule has 10 heavy (non-hydrogen) atoms. The maximum Gasteiger partial charge on any atom is 0.178 e. The molecule has 0 fully saturated rings. The molecule has 0 amide bonds. The zero-order valence-electron chi connectivity index (χ0n) is 4.53. The van der Waals surface area contributed by atoms with E-state index in [-0.39, 0.29) is 22.4 Å². The number of rotatable bonds is 0. The van der Waals surface area contributed by atoms with Gasteiger partial charge in [0.15, 0.2) is 14.3 Å². The zero-order chi connectivity index (χ0) is 6.85. The molecule has 0 aliphatic carbocycles. The second-order valence-electron chi connectivity index (χ2n) is 1.36. The molecule has 59 valence electrons. The predicted molar refractivity (Wildman–Crippen MR) is 42.0 cm³/mol. The summed E-state index contributed by atoms with van der Waals surface area (Å²) >= 11 is 14.2. The van der Waals surface area contributed by atoms with E-state index in [1.807, 2.05) is 0 Å². The van der Waals surface area contributed by atoms with Gasteiger partial charge in [0.05, 0.1) is 0 Å². The summed E-state index contributed by atoms with van der Waals surface area (Å²) in [7, 11) is 0. The molecule has 7 heteroatoms. The Morgan fingerprint density at radius 2 is 0.900 bits per heavy atom. The fourth-order valence-electron chi connectivity index (χ4n) is 0.403. The first-order valence-electron chi connectivity index (χ1n) is 2.11. The van der Waals surface area contributed by atoms with Gasteiger partial charge in [-0.25, -0.2) is 0 Å². The Balaban J connectivity index is 0.000000810. The maximum atomic E-state index is 4.72. The molecule has 0 unspecified atom stereocenters. The van der Waals surface area contributed by atoms with E-state index < -0.39 is 0 Å². The Morgan fingerprint density at radius 1 is 0.700 bits per heavy atom. The summed E-state index contributed by atoms with van der Waals surface area (Å²) in [5.41, 5.74) is 0. The van der Waals surface area contributed by atoms with Crippen LogP contribution in [0.1, 0.15) is 0 Å². The number of hydrogen-bond donors (Lipinski definition) is 3. The fraction of sp³-hybridized carbons (Fsp3) is 0. The second kappa shape index (κ2) is 4.32. The van der Waals surface area contributed by atoms with Crippen LogP contribution in [0.3, 0.4) is 0 Å². The molecule has 0 atom stereocenters. The summed E-state index contributed by atoms with van der Waals surface area (Å²) in [6.07, 6.45) is 0. The molecule has 1 aromatic rings. The van der Waals surface area contributed by atoms with Crippen molar-refractivity contribution in [3.8, 4) is 0 Å². The molecule has 0 saturated carbocycles. The molecule has 0 aliphatic rings. The van der Waals surface area contributed by atoms with Crippen molar-refractivity contribution in [3.63, 3.8) is 0 Å². The van der Waals surface area contributed by atoms with Crippen LogP contribution in [0.25, 0.3) is 0 Å². The van der Waals surface area contributed by atoms with Crippen molar-refractivity contribution in [2.75, 3.05) is 0 Å². The minimum absolute atomic E-state index is 0. The van der Waals surface area contributed by atoms with E-state index in [0.29, 0.717) is 14.3 Å². The Labute approximate surface area is 87.8 Å². The molecule has 0 aromatic carbocycles. The topological polar surface area (TPSA) is 47.4 Å². The minimum atomic E-state index is 0. The first kappa shape index (κ1) is 10.4. The van der Waals surface area contributed by atoms with Crippen molar-refractivity contribution < 1.29 is 22.4 Å². The van der Waals surface area contributed by atoms with E-state index in [9.17, 15) is 0 Å². The van der Waals surface area contributed by atoms with Crippen molar-refractivity contribution in [3.05, 3.63) is 14.3 Å². The maximum absolute atomic E-state index is 4.72. The van der Waals surface area contributed by atoms with Crippen molar-refractivity contribution >= 4 is 36.7 Å². The molecular formula is C3H3AgN3S3. The average Bonchev–Trinajstić information content (AvgIpc) is 1.59. The molecular weight excluding hydrogens is 282 g/mol. The third kappa shape index (κ3) is 3.00. The first-order valence-corrected chi connectivity index (χ1v) is 3.34. The van der Waals surface area contributed by atoms with Gasteiger partial charge >= 0.3 is 0 Å². The van der Waals surface area contributed by atoms with Crippen LogP contribution in [0.4, 0.5) is 0 Å². The van der Waals surface area contributed by atoms with Gasteiger partial charge in [0.2, 0.25) is 0 Å². The van der Waals surface area contributed by atoms with Gasteiger partial charge in [-0.05, 0) is 36.7 Å². The standard InChI is InChI=1S/C3H3N3S3.Ag/c7-1-4-2(8)6-3(9)5-1;/h(H3,4,5,6,7,8,9);. The summed E-state index contributed by atoms with van der Waals surface area (Å²) in [4.78, 5) is 7.99. The van der Waals surface area contributed by atoms with Crippen molar-refractivity contribution in [1.29, 1.82) is 0 Å². The van der Waals surface area contributed by atoms with E-state index in [0.717, 1.165) is 0 Å². The van der Waals surface area contributed by atoms with Gasteiger partial charge < -0.3 is 15.0 Å². The second-order valence-corrected chi connectivity index (χ2v) is 2.59.